The van der Waals surface area contributed by atoms with Crippen LogP contribution in [0.15, 0.2) is 29.1 Å². The Hall–Kier alpha value is -1.82. The van der Waals surface area contributed by atoms with Crippen LogP contribution < -0.4 is 5.56 Å². The Kier molecular flexibility index (Phi) is 4.79. The van der Waals surface area contributed by atoms with Gasteiger partial charge in [0.05, 0.1) is 17.3 Å². The summed E-state index contributed by atoms with van der Waals surface area (Å²) >= 11 is 1.64. The number of thioether (sulfide) groups is 1. The molecular weight excluding hydrogens is 276 g/mol. The fourth-order valence-electron chi connectivity index (χ4n) is 2.04. The van der Waals surface area contributed by atoms with E-state index in [0.29, 0.717) is 23.3 Å². The number of rotatable bonds is 6. The summed E-state index contributed by atoms with van der Waals surface area (Å²) in [6.07, 6.45) is 2.21. The summed E-state index contributed by atoms with van der Waals surface area (Å²) in [4.78, 5) is 27.6. The van der Waals surface area contributed by atoms with Crippen LogP contribution in [-0.2, 0) is 17.8 Å². The van der Waals surface area contributed by atoms with Crippen LogP contribution in [0.3, 0.4) is 0 Å². The number of nitrogens with zero attached hydrogens (tertiary/aromatic N) is 2. The molecule has 0 aliphatic rings. The number of hydrogen-bond donors (Lipinski definition) is 1. The largest absolute Gasteiger partial charge is 0.481 e. The van der Waals surface area contributed by atoms with Crippen LogP contribution in [0.25, 0.3) is 10.9 Å². The van der Waals surface area contributed by atoms with Crippen molar-refractivity contribution in [3.63, 3.8) is 0 Å². The van der Waals surface area contributed by atoms with Crippen molar-refractivity contribution in [3.05, 3.63) is 40.4 Å². The van der Waals surface area contributed by atoms with Gasteiger partial charge in [-0.1, -0.05) is 12.1 Å². The highest BCUT2D eigenvalue weighted by molar-refractivity contribution is 7.98. The summed E-state index contributed by atoms with van der Waals surface area (Å²) in [6, 6.07) is 7.16. The fraction of sp³-hybridized carbons (Fsp3) is 0.357. The molecule has 2 aromatic rings. The van der Waals surface area contributed by atoms with Crippen molar-refractivity contribution in [2.45, 2.75) is 19.4 Å². The number of aryl methyl sites for hydroxylation is 1. The van der Waals surface area contributed by atoms with Gasteiger partial charge in [0.15, 0.2) is 0 Å². The smallest absolute Gasteiger partial charge is 0.303 e. The maximum Gasteiger partial charge on any atom is 0.303 e. The molecule has 0 aliphatic carbocycles. The van der Waals surface area contributed by atoms with E-state index >= 15 is 0 Å². The second kappa shape index (κ2) is 6.56. The minimum Gasteiger partial charge on any atom is -0.481 e. The molecular formula is C14H16N2O3S. The van der Waals surface area contributed by atoms with Crippen molar-refractivity contribution in [3.8, 4) is 0 Å². The van der Waals surface area contributed by atoms with Gasteiger partial charge in [0, 0.05) is 18.7 Å². The van der Waals surface area contributed by atoms with Crippen molar-refractivity contribution in [2.24, 2.45) is 0 Å². The number of para-hydroxylation sites is 1. The van der Waals surface area contributed by atoms with E-state index in [0.717, 1.165) is 5.75 Å². The lowest BCUT2D eigenvalue weighted by Gasteiger charge is -2.12. The number of aromatic nitrogens is 2. The lowest BCUT2D eigenvalue weighted by Crippen LogP contribution is -2.26. The maximum absolute atomic E-state index is 12.5. The van der Waals surface area contributed by atoms with Crippen molar-refractivity contribution in [2.75, 3.05) is 12.0 Å². The first kappa shape index (κ1) is 14.6. The third-order valence-electron chi connectivity index (χ3n) is 3.02. The van der Waals surface area contributed by atoms with Gasteiger partial charge < -0.3 is 5.11 Å². The molecule has 0 bridgehead atoms. The Morgan fingerprint density at radius 2 is 2.15 bits per heavy atom. The van der Waals surface area contributed by atoms with Gasteiger partial charge in [0.25, 0.3) is 5.56 Å². The minimum atomic E-state index is -0.885. The first-order chi connectivity index (χ1) is 9.63. The molecule has 106 valence electrons. The number of carboxylic acid groups (broad SMARTS) is 1. The van der Waals surface area contributed by atoms with Crippen molar-refractivity contribution in [1.29, 1.82) is 0 Å². The molecule has 0 fully saturated rings. The van der Waals surface area contributed by atoms with Crippen LogP contribution in [0.1, 0.15) is 12.2 Å². The van der Waals surface area contributed by atoms with Gasteiger partial charge in [-0.05, 0) is 18.4 Å². The minimum absolute atomic E-state index is 0.0238. The molecule has 0 spiro atoms. The second-order valence-corrected chi connectivity index (χ2v) is 5.37. The van der Waals surface area contributed by atoms with E-state index in [1.165, 1.54) is 0 Å². The van der Waals surface area contributed by atoms with Gasteiger partial charge in [0.2, 0.25) is 0 Å². The molecule has 0 atom stereocenters. The first-order valence-corrected chi connectivity index (χ1v) is 7.72. The Labute approximate surface area is 120 Å². The molecule has 0 saturated heterocycles. The van der Waals surface area contributed by atoms with Crippen LogP contribution in [0, 0.1) is 0 Å². The van der Waals surface area contributed by atoms with Gasteiger partial charge in [-0.15, -0.1) is 0 Å². The molecule has 6 heteroatoms. The van der Waals surface area contributed by atoms with E-state index in [1.807, 2.05) is 12.3 Å². The highest BCUT2D eigenvalue weighted by Gasteiger charge is 2.11. The third kappa shape index (κ3) is 3.19. The SMILES string of the molecule is CSCCn1c(CCC(=O)O)nc2ccccc2c1=O. The zero-order valence-corrected chi connectivity index (χ0v) is 12.0. The predicted molar refractivity (Wildman–Crippen MR) is 80.3 cm³/mol. The molecule has 1 aromatic heterocycles. The number of fused-ring (bicyclic) bond motifs is 1. The molecule has 1 aromatic carbocycles. The van der Waals surface area contributed by atoms with E-state index < -0.39 is 5.97 Å². The standard InChI is InChI=1S/C14H16N2O3S/c1-20-9-8-16-12(6-7-13(17)18)15-11-5-3-2-4-10(11)14(16)19/h2-5H,6-9H2,1H3,(H,17,18). The van der Waals surface area contributed by atoms with Crippen LogP contribution >= 0.6 is 11.8 Å². The normalized spacial score (nSPS) is 10.8. The van der Waals surface area contributed by atoms with E-state index in [4.69, 9.17) is 5.11 Å². The van der Waals surface area contributed by atoms with Gasteiger partial charge in [-0.3, -0.25) is 14.2 Å². The average Bonchev–Trinajstić information content (AvgIpc) is 2.44. The van der Waals surface area contributed by atoms with E-state index in [-0.39, 0.29) is 18.4 Å². The molecule has 1 N–H and O–H groups in total. The molecule has 0 aliphatic heterocycles. The van der Waals surface area contributed by atoms with Crippen molar-refractivity contribution < 1.29 is 9.90 Å². The van der Waals surface area contributed by atoms with Gasteiger partial charge >= 0.3 is 5.97 Å². The number of benzene rings is 1. The van der Waals surface area contributed by atoms with Crippen LogP contribution in [-0.4, -0.2) is 32.6 Å². The van der Waals surface area contributed by atoms with E-state index in [2.05, 4.69) is 4.98 Å². The zero-order valence-electron chi connectivity index (χ0n) is 11.2. The summed E-state index contributed by atoms with van der Waals surface area (Å²) in [5.41, 5.74) is 0.531. The Balaban J connectivity index is 2.51. The summed E-state index contributed by atoms with van der Waals surface area (Å²) in [7, 11) is 0. The number of hydrogen-bond acceptors (Lipinski definition) is 4. The monoisotopic (exact) mass is 292 g/mol. The Morgan fingerprint density at radius 3 is 2.85 bits per heavy atom. The van der Waals surface area contributed by atoms with Gasteiger partial charge in [-0.2, -0.15) is 11.8 Å². The van der Waals surface area contributed by atoms with Crippen LogP contribution in [0.2, 0.25) is 0 Å². The van der Waals surface area contributed by atoms with E-state index in [9.17, 15) is 9.59 Å². The molecule has 5 nitrogen and oxygen atoms in total. The lowest BCUT2D eigenvalue weighted by atomic mass is 10.2. The topological polar surface area (TPSA) is 72.2 Å². The average molecular weight is 292 g/mol. The van der Waals surface area contributed by atoms with Crippen LogP contribution in [0.4, 0.5) is 0 Å². The summed E-state index contributed by atoms with van der Waals surface area (Å²) in [6.45, 7) is 0.548. The molecule has 2 rings (SSSR count). The second-order valence-electron chi connectivity index (χ2n) is 4.39. The molecule has 1 heterocycles. The highest BCUT2D eigenvalue weighted by Crippen LogP contribution is 2.10. The van der Waals surface area contributed by atoms with Crippen molar-refractivity contribution in [1.82, 2.24) is 9.55 Å². The predicted octanol–water partition coefficient (Wildman–Crippen LogP) is 1.78. The third-order valence-corrected chi connectivity index (χ3v) is 3.61. The molecule has 20 heavy (non-hydrogen) atoms. The first-order valence-electron chi connectivity index (χ1n) is 6.32. The van der Waals surface area contributed by atoms with Crippen molar-refractivity contribution >= 4 is 28.6 Å². The maximum atomic E-state index is 12.5. The van der Waals surface area contributed by atoms with Gasteiger partial charge in [-0.25, -0.2) is 4.98 Å². The van der Waals surface area contributed by atoms with Gasteiger partial charge in [0.1, 0.15) is 5.82 Å². The molecule has 0 unspecified atom stereocenters. The lowest BCUT2D eigenvalue weighted by molar-refractivity contribution is -0.137. The molecule has 0 amide bonds. The zero-order chi connectivity index (χ0) is 14.5. The molecule has 0 saturated carbocycles. The highest BCUT2D eigenvalue weighted by atomic mass is 32.2. The van der Waals surface area contributed by atoms with Crippen LogP contribution in [0.5, 0.6) is 0 Å². The number of carboxylic acids is 1. The van der Waals surface area contributed by atoms with E-state index in [1.54, 1.807) is 34.5 Å². The Morgan fingerprint density at radius 1 is 1.40 bits per heavy atom. The summed E-state index contributed by atoms with van der Waals surface area (Å²) in [5, 5.41) is 9.38. The number of aliphatic carboxylic acids is 1. The summed E-state index contributed by atoms with van der Waals surface area (Å²) < 4.78 is 1.60. The quantitative estimate of drug-likeness (QED) is 0.878. The number of carbonyl (C=O) groups is 1. The summed E-state index contributed by atoms with van der Waals surface area (Å²) in [5.74, 6) is 0.453. The fourth-order valence-corrected chi connectivity index (χ4v) is 2.40. The molecule has 0 radical (unpaired) electrons. The Bertz CT molecular complexity index is 682.